The Balaban J connectivity index is 1.33. The minimum absolute atomic E-state index is 0.337. The third-order valence-electron chi connectivity index (χ3n) is 5.51. The van der Waals surface area contributed by atoms with Crippen LogP contribution in [0.5, 0.6) is 0 Å². The second-order valence-electron chi connectivity index (χ2n) is 6.98. The number of anilines is 2. The van der Waals surface area contributed by atoms with Crippen molar-refractivity contribution in [3.63, 3.8) is 0 Å². The molecule has 2 heterocycles. The molecule has 1 aromatic heterocycles. The summed E-state index contributed by atoms with van der Waals surface area (Å²) in [5.41, 5.74) is 5.69. The largest absolute Gasteiger partial charge is 0.368 e. The number of hydrogen-bond donors (Lipinski definition) is 1. The van der Waals surface area contributed by atoms with E-state index in [1.165, 1.54) is 32.1 Å². The zero-order chi connectivity index (χ0) is 13.7. The molecule has 108 valence electrons. The lowest BCUT2D eigenvalue weighted by atomic mass is 9.80. The molecule has 4 rings (SSSR count). The van der Waals surface area contributed by atoms with Crippen LogP contribution in [0.4, 0.5) is 11.9 Å². The van der Waals surface area contributed by atoms with Crippen molar-refractivity contribution in [1.82, 2.24) is 15.0 Å². The van der Waals surface area contributed by atoms with Gasteiger partial charge in [-0.3, -0.25) is 0 Å². The molecule has 5 nitrogen and oxygen atoms in total. The van der Waals surface area contributed by atoms with Crippen LogP contribution in [0, 0.1) is 30.6 Å². The molecule has 0 radical (unpaired) electrons. The highest BCUT2D eigenvalue weighted by Crippen LogP contribution is 2.51. The minimum atomic E-state index is 0.337. The van der Waals surface area contributed by atoms with E-state index in [4.69, 9.17) is 5.73 Å². The maximum absolute atomic E-state index is 5.69. The lowest BCUT2D eigenvalue weighted by molar-refractivity contribution is 0.241. The summed E-state index contributed by atoms with van der Waals surface area (Å²) in [5.74, 6) is 5.76. The monoisotopic (exact) mass is 273 g/mol. The maximum atomic E-state index is 5.69. The van der Waals surface area contributed by atoms with Crippen molar-refractivity contribution in [2.24, 2.45) is 23.7 Å². The van der Waals surface area contributed by atoms with Crippen LogP contribution in [0.25, 0.3) is 0 Å². The Morgan fingerprint density at radius 2 is 2.00 bits per heavy atom. The number of nitrogens with two attached hydrogens (primary N) is 1. The van der Waals surface area contributed by atoms with E-state index in [0.717, 1.165) is 42.7 Å². The molecule has 2 bridgehead atoms. The fourth-order valence-corrected chi connectivity index (χ4v) is 4.60. The van der Waals surface area contributed by atoms with E-state index in [2.05, 4.69) is 19.9 Å². The molecule has 1 saturated heterocycles. The van der Waals surface area contributed by atoms with Gasteiger partial charge in [0.05, 0.1) is 0 Å². The second kappa shape index (κ2) is 4.57. The fourth-order valence-electron chi connectivity index (χ4n) is 4.60. The molecule has 3 unspecified atom stereocenters. The smallest absolute Gasteiger partial charge is 0.230 e. The fraction of sp³-hybridized carbons (Fsp3) is 0.800. The van der Waals surface area contributed by atoms with Gasteiger partial charge in [0, 0.05) is 13.1 Å². The molecule has 0 aromatic carbocycles. The average Bonchev–Trinajstić information content (AvgIpc) is 2.93. The van der Waals surface area contributed by atoms with E-state index >= 15 is 0 Å². The molecule has 1 aromatic rings. The topological polar surface area (TPSA) is 67.9 Å². The SMILES string of the molecule is Cc1nc(N)nc(N2CC(CC3CC4CCC3C4)C2)n1. The molecular weight excluding hydrogens is 250 g/mol. The summed E-state index contributed by atoms with van der Waals surface area (Å²) in [7, 11) is 0. The molecule has 2 aliphatic carbocycles. The summed E-state index contributed by atoms with van der Waals surface area (Å²) < 4.78 is 0. The van der Waals surface area contributed by atoms with E-state index in [1.807, 2.05) is 6.92 Å². The van der Waals surface area contributed by atoms with Crippen LogP contribution in [0.3, 0.4) is 0 Å². The van der Waals surface area contributed by atoms with E-state index in [0.29, 0.717) is 11.8 Å². The Labute approximate surface area is 120 Å². The third kappa shape index (κ3) is 2.13. The molecule has 3 atom stereocenters. The van der Waals surface area contributed by atoms with Gasteiger partial charge in [0.1, 0.15) is 5.82 Å². The number of nitrogens with zero attached hydrogens (tertiary/aromatic N) is 4. The Bertz CT molecular complexity index is 491. The zero-order valence-corrected chi connectivity index (χ0v) is 12.1. The van der Waals surface area contributed by atoms with Gasteiger partial charge >= 0.3 is 0 Å². The van der Waals surface area contributed by atoms with Crippen LogP contribution >= 0.6 is 0 Å². The van der Waals surface area contributed by atoms with Gasteiger partial charge in [-0.2, -0.15) is 15.0 Å². The maximum Gasteiger partial charge on any atom is 0.230 e. The van der Waals surface area contributed by atoms with Crippen LogP contribution in [0.15, 0.2) is 0 Å². The van der Waals surface area contributed by atoms with Crippen molar-refractivity contribution in [3.8, 4) is 0 Å². The lowest BCUT2D eigenvalue weighted by Crippen LogP contribution is -2.48. The third-order valence-corrected chi connectivity index (χ3v) is 5.51. The number of hydrogen-bond acceptors (Lipinski definition) is 5. The predicted molar refractivity (Wildman–Crippen MR) is 78.2 cm³/mol. The van der Waals surface area contributed by atoms with Gasteiger partial charge in [-0.05, 0) is 56.3 Å². The first-order valence-corrected chi connectivity index (χ1v) is 7.90. The van der Waals surface area contributed by atoms with Crippen molar-refractivity contribution in [2.45, 2.75) is 39.0 Å². The second-order valence-corrected chi connectivity index (χ2v) is 6.98. The van der Waals surface area contributed by atoms with Crippen LogP contribution in [-0.2, 0) is 0 Å². The highest BCUT2D eigenvalue weighted by molar-refractivity contribution is 5.37. The Morgan fingerprint density at radius 3 is 2.65 bits per heavy atom. The molecule has 1 aliphatic heterocycles. The summed E-state index contributed by atoms with van der Waals surface area (Å²) in [4.78, 5) is 14.9. The van der Waals surface area contributed by atoms with Crippen LogP contribution in [0.2, 0.25) is 0 Å². The number of fused-ring (bicyclic) bond motifs is 2. The van der Waals surface area contributed by atoms with Crippen molar-refractivity contribution < 1.29 is 0 Å². The minimum Gasteiger partial charge on any atom is -0.368 e. The van der Waals surface area contributed by atoms with Crippen molar-refractivity contribution >= 4 is 11.9 Å². The highest BCUT2D eigenvalue weighted by Gasteiger charge is 2.42. The molecule has 0 spiro atoms. The average molecular weight is 273 g/mol. The summed E-state index contributed by atoms with van der Waals surface area (Å²) in [5, 5.41) is 0. The summed E-state index contributed by atoms with van der Waals surface area (Å²) in [6, 6.07) is 0. The molecule has 2 N–H and O–H groups in total. The molecule has 20 heavy (non-hydrogen) atoms. The highest BCUT2D eigenvalue weighted by atomic mass is 15.3. The number of rotatable bonds is 3. The first-order valence-electron chi connectivity index (χ1n) is 7.90. The van der Waals surface area contributed by atoms with Crippen LogP contribution in [-0.4, -0.2) is 28.0 Å². The Hall–Kier alpha value is -1.39. The van der Waals surface area contributed by atoms with E-state index < -0.39 is 0 Å². The van der Waals surface area contributed by atoms with Gasteiger partial charge in [0.25, 0.3) is 0 Å². The van der Waals surface area contributed by atoms with Gasteiger partial charge in [0.2, 0.25) is 11.9 Å². The summed E-state index contributed by atoms with van der Waals surface area (Å²) in [6.45, 7) is 4.06. The van der Waals surface area contributed by atoms with Gasteiger partial charge in [-0.15, -0.1) is 0 Å². The van der Waals surface area contributed by atoms with E-state index in [-0.39, 0.29) is 0 Å². The van der Waals surface area contributed by atoms with E-state index in [1.54, 1.807) is 0 Å². The first kappa shape index (κ1) is 12.4. The van der Waals surface area contributed by atoms with E-state index in [9.17, 15) is 0 Å². The quantitative estimate of drug-likeness (QED) is 0.912. The predicted octanol–water partition coefficient (Wildman–Crippen LogP) is 2.02. The summed E-state index contributed by atoms with van der Waals surface area (Å²) >= 11 is 0. The number of aromatic nitrogens is 3. The molecule has 0 amide bonds. The Morgan fingerprint density at radius 1 is 1.15 bits per heavy atom. The van der Waals surface area contributed by atoms with Gasteiger partial charge < -0.3 is 10.6 Å². The summed E-state index contributed by atoms with van der Waals surface area (Å²) in [6.07, 6.45) is 7.43. The number of aryl methyl sites for hydroxylation is 1. The lowest BCUT2D eigenvalue weighted by Gasteiger charge is -2.41. The van der Waals surface area contributed by atoms with Crippen LogP contribution in [0.1, 0.15) is 37.9 Å². The zero-order valence-electron chi connectivity index (χ0n) is 12.1. The molecule has 3 aliphatic rings. The standard InChI is InChI=1S/C15H23N5/c1-9-17-14(16)19-15(18-9)20-7-11(8-20)6-13-5-10-2-3-12(13)4-10/h10-13H,2-8H2,1H3,(H2,16,17,18,19). The first-order chi connectivity index (χ1) is 9.67. The van der Waals surface area contributed by atoms with Gasteiger partial charge in [-0.25, -0.2) is 0 Å². The van der Waals surface area contributed by atoms with Crippen molar-refractivity contribution in [3.05, 3.63) is 5.82 Å². The van der Waals surface area contributed by atoms with Gasteiger partial charge in [-0.1, -0.05) is 6.42 Å². The van der Waals surface area contributed by atoms with Crippen molar-refractivity contribution in [1.29, 1.82) is 0 Å². The molecular formula is C15H23N5. The molecule has 3 fully saturated rings. The van der Waals surface area contributed by atoms with Gasteiger partial charge in [0.15, 0.2) is 0 Å². The van der Waals surface area contributed by atoms with Crippen molar-refractivity contribution in [2.75, 3.05) is 23.7 Å². The molecule has 5 heteroatoms. The Kier molecular flexibility index (Phi) is 2.82. The molecule has 2 saturated carbocycles. The number of nitrogen functional groups attached to an aromatic ring is 1. The van der Waals surface area contributed by atoms with Crippen LogP contribution < -0.4 is 10.6 Å². The normalized spacial score (nSPS) is 32.6.